The molecule has 2 aliphatic rings. The molecular weight excluding hydrogens is 388 g/mol. The van der Waals surface area contributed by atoms with Gasteiger partial charge in [0, 0.05) is 38.4 Å². The minimum Gasteiger partial charge on any atom is -0.497 e. The van der Waals surface area contributed by atoms with E-state index in [1.165, 1.54) is 0 Å². The molecule has 2 saturated heterocycles. The van der Waals surface area contributed by atoms with Gasteiger partial charge in [0.05, 0.1) is 23.7 Å². The Bertz CT molecular complexity index is 944. The van der Waals surface area contributed by atoms with Crippen molar-refractivity contribution in [3.63, 3.8) is 0 Å². The van der Waals surface area contributed by atoms with Crippen LogP contribution >= 0.6 is 11.6 Å². The Hall–Kier alpha value is -2.53. The molecule has 152 valence electrons. The summed E-state index contributed by atoms with van der Waals surface area (Å²) in [5.41, 5.74) is 2.64. The fourth-order valence-corrected chi connectivity index (χ4v) is 4.93. The first-order chi connectivity index (χ1) is 13.9. The lowest BCUT2D eigenvalue weighted by molar-refractivity contribution is -0.130. The van der Waals surface area contributed by atoms with Gasteiger partial charge < -0.3 is 14.5 Å². The molecule has 2 amide bonds. The van der Waals surface area contributed by atoms with E-state index < -0.39 is 0 Å². The SMILES string of the molecule is COc1ccc([C@H]2[C@@H]3CN(C(=O)c4cc(C)ccc4Cl)C[C@@H]3CN2C(C)=O)cc1. The van der Waals surface area contributed by atoms with Crippen LogP contribution in [0.2, 0.25) is 5.02 Å². The second-order valence-electron chi connectivity index (χ2n) is 8.01. The van der Waals surface area contributed by atoms with Gasteiger partial charge in [0.2, 0.25) is 5.91 Å². The van der Waals surface area contributed by atoms with Gasteiger partial charge in [-0.05, 0) is 36.8 Å². The summed E-state index contributed by atoms with van der Waals surface area (Å²) in [6, 6.07) is 13.4. The van der Waals surface area contributed by atoms with Gasteiger partial charge in [-0.2, -0.15) is 0 Å². The number of carbonyl (C=O) groups is 2. The molecule has 2 aromatic rings. The fourth-order valence-electron chi connectivity index (χ4n) is 4.74. The second-order valence-corrected chi connectivity index (χ2v) is 8.41. The summed E-state index contributed by atoms with van der Waals surface area (Å²) in [5, 5.41) is 0.481. The van der Waals surface area contributed by atoms with E-state index in [2.05, 4.69) is 0 Å². The summed E-state index contributed by atoms with van der Waals surface area (Å²) in [6.07, 6.45) is 0. The lowest BCUT2D eigenvalue weighted by atomic mass is 9.89. The number of fused-ring (bicyclic) bond motifs is 1. The van der Waals surface area contributed by atoms with Crippen LogP contribution in [0, 0.1) is 18.8 Å². The number of benzene rings is 2. The molecule has 0 spiro atoms. The third kappa shape index (κ3) is 3.60. The van der Waals surface area contributed by atoms with Crippen LogP contribution < -0.4 is 4.74 Å². The fraction of sp³-hybridized carbons (Fsp3) is 0.391. The number of hydrogen-bond acceptors (Lipinski definition) is 3. The Morgan fingerprint density at radius 1 is 1.07 bits per heavy atom. The Morgan fingerprint density at radius 3 is 2.45 bits per heavy atom. The largest absolute Gasteiger partial charge is 0.497 e. The third-order valence-electron chi connectivity index (χ3n) is 6.17. The Morgan fingerprint density at radius 2 is 1.79 bits per heavy atom. The molecule has 4 rings (SSSR count). The normalized spacial score (nSPS) is 23.2. The van der Waals surface area contributed by atoms with Crippen molar-refractivity contribution in [1.29, 1.82) is 0 Å². The predicted octanol–water partition coefficient (Wildman–Crippen LogP) is 3.95. The highest BCUT2D eigenvalue weighted by Gasteiger charge is 2.49. The van der Waals surface area contributed by atoms with E-state index >= 15 is 0 Å². The van der Waals surface area contributed by atoms with E-state index in [-0.39, 0.29) is 29.7 Å². The van der Waals surface area contributed by atoms with E-state index in [4.69, 9.17) is 16.3 Å². The number of nitrogens with zero attached hydrogens (tertiary/aromatic N) is 2. The van der Waals surface area contributed by atoms with E-state index in [1.807, 2.05) is 53.1 Å². The number of aryl methyl sites for hydroxylation is 1. The average Bonchev–Trinajstić information content (AvgIpc) is 3.27. The molecule has 5 nitrogen and oxygen atoms in total. The van der Waals surface area contributed by atoms with Gasteiger partial charge in [-0.1, -0.05) is 35.4 Å². The van der Waals surface area contributed by atoms with Crippen molar-refractivity contribution in [2.24, 2.45) is 11.8 Å². The monoisotopic (exact) mass is 412 g/mol. The number of halogens is 1. The summed E-state index contributed by atoms with van der Waals surface area (Å²) in [7, 11) is 1.64. The van der Waals surface area contributed by atoms with Crippen LogP contribution in [0.1, 0.15) is 34.5 Å². The van der Waals surface area contributed by atoms with Crippen LogP contribution in [0.3, 0.4) is 0 Å². The van der Waals surface area contributed by atoms with Crippen molar-refractivity contribution in [1.82, 2.24) is 9.80 Å². The first-order valence-electron chi connectivity index (χ1n) is 9.85. The van der Waals surface area contributed by atoms with Gasteiger partial charge >= 0.3 is 0 Å². The van der Waals surface area contributed by atoms with Crippen LogP contribution in [-0.2, 0) is 4.79 Å². The summed E-state index contributed by atoms with van der Waals surface area (Å²) in [4.78, 5) is 29.3. The maximum atomic E-state index is 13.1. The molecule has 3 atom stereocenters. The Balaban J connectivity index is 1.60. The van der Waals surface area contributed by atoms with Crippen LogP contribution in [0.25, 0.3) is 0 Å². The molecule has 0 aromatic heterocycles. The van der Waals surface area contributed by atoms with Crippen LogP contribution in [0.4, 0.5) is 0 Å². The highest BCUT2D eigenvalue weighted by atomic mass is 35.5. The van der Waals surface area contributed by atoms with Crippen LogP contribution in [0.5, 0.6) is 5.75 Å². The molecule has 0 aliphatic carbocycles. The standard InChI is InChI=1S/C23H25ClN2O3/c1-14-4-9-21(24)19(10-14)23(28)25-11-17-12-26(15(2)27)22(20(17)13-25)16-5-7-18(29-3)8-6-16/h4-10,17,20,22H,11-13H2,1-3H3/t17-,20-,22+/m1/s1. The molecule has 0 N–H and O–H groups in total. The zero-order valence-electron chi connectivity index (χ0n) is 16.9. The molecule has 0 bridgehead atoms. The molecule has 0 unspecified atom stereocenters. The van der Waals surface area contributed by atoms with Gasteiger partial charge in [0.25, 0.3) is 5.91 Å². The first-order valence-corrected chi connectivity index (χ1v) is 10.2. The van der Waals surface area contributed by atoms with Crippen LogP contribution in [-0.4, -0.2) is 48.4 Å². The number of likely N-dealkylation sites (tertiary alicyclic amines) is 2. The number of methoxy groups -OCH3 is 1. The topological polar surface area (TPSA) is 49.9 Å². The molecule has 2 fully saturated rings. The maximum Gasteiger partial charge on any atom is 0.255 e. The zero-order valence-corrected chi connectivity index (χ0v) is 17.6. The molecular formula is C23H25ClN2O3. The van der Waals surface area contributed by atoms with Crippen molar-refractivity contribution >= 4 is 23.4 Å². The molecule has 6 heteroatoms. The van der Waals surface area contributed by atoms with Gasteiger partial charge in [0.1, 0.15) is 5.75 Å². The first kappa shape index (κ1) is 19.8. The highest BCUT2D eigenvalue weighted by molar-refractivity contribution is 6.33. The molecule has 2 aromatic carbocycles. The van der Waals surface area contributed by atoms with Gasteiger partial charge in [0.15, 0.2) is 0 Å². The average molecular weight is 413 g/mol. The molecule has 2 aliphatic heterocycles. The van der Waals surface area contributed by atoms with Gasteiger partial charge in [-0.3, -0.25) is 9.59 Å². The van der Waals surface area contributed by atoms with Crippen molar-refractivity contribution in [3.8, 4) is 5.75 Å². The highest BCUT2D eigenvalue weighted by Crippen LogP contribution is 2.45. The summed E-state index contributed by atoms with van der Waals surface area (Å²) in [5.74, 6) is 1.30. The minimum absolute atomic E-state index is 0.0315. The number of ether oxygens (including phenoxy) is 1. The van der Waals surface area contributed by atoms with Crippen molar-refractivity contribution in [3.05, 3.63) is 64.2 Å². The number of carbonyl (C=O) groups excluding carboxylic acids is 2. The number of rotatable bonds is 3. The Kier molecular flexibility index (Phi) is 5.26. The molecule has 0 saturated carbocycles. The molecule has 0 radical (unpaired) electrons. The second kappa shape index (κ2) is 7.71. The van der Waals surface area contributed by atoms with Gasteiger partial charge in [-0.25, -0.2) is 0 Å². The summed E-state index contributed by atoms with van der Waals surface area (Å²) >= 11 is 6.30. The molecule has 2 heterocycles. The van der Waals surface area contributed by atoms with Crippen LogP contribution in [0.15, 0.2) is 42.5 Å². The van der Waals surface area contributed by atoms with E-state index in [0.717, 1.165) is 16.9 Å². The van der Waals surface area contributed by atoms with Gasteiger partial charge in [-0.15, -0.1) is 0 Å². The van der Waals surface area contributed by atoms with E-state index in [1.54, 1.807) is 20.1 Å². The number of amides is 2. The van der Waals surface area contributed by atoms with Crippen molar-refractivity contribution < 1.29 is 14.3 Å². The lowest BCUT2D eigenvalue weighted by Gasteiger charge is -2.29. The predicted molar refractivity (Wildman–Crippen MR) is 112 cm³/mol. The number of hydrogen-bond donors (Lipinski definition) is 0. The zero-order chi connectivity index (χ0) is 20.7. The lowest BCUT2D eigenvalue weighted by Crippen LogP contribution is -2.36. The summed E-state index contributed by atoms with van der Waals surface area (Å²) < 4.78 is 5.27. The van der Waals surface area contributed by atoms with E-state index in [9.17, 15) is 9.59 Å². The molecule has 29 heavy (non-hydrogen) atoms. The van der Waals surface area contributed by atoms with Crippen molar-refractivity contribution in [2.75, 3.05) is 26.7 Å². The minimum atomic E-state index is -0.0332. The quantitative estimate of drug-likeness (QED) is 0.767. The van der Waals surface area contributed by atoms with E-state index in [0.29, 0.717) is 30.2 Å². The summed E-state index contributed by atoms with van der Waals surface area (Å²) in [6.45, 7) is 5.50. The third-order valence-corrected chi connectivity index (χ3v) is 6.50. The van der Waals surface area contributed by atoms with Crippen molar-refractivity contribution in [2.45, 2.75) is 19.9 Å². The Labute approximate surface area is 176 Å². The smallest absolute Gasteiger partial charge is 0.255 e. The maximum absolute atomic E-state index is 13.1.